The zero-order valence-electron chi connectivity index (χ0n) is 10.9. The molecule has 1 rings (SSSR count). The molecule has 0 fully saturated rings. The van der Waals surface area contributed by atoms with Gasteiger partial charge in [-0.15, -0.1) is 0 Å². The standard InChI is InChI=1S/C13H19N3O3/c1-19-7-6-10-4-2-3-5-11(10)16-13(18)9-15-12(17)8-14/h2-5H,6-9,14H2,1H3,(H,15,17)(H,16,18). The first-order valence-electron chi connectivity index (χ1n) is 6.00. The Morgan fingerprint density at radius 1 is 1.26 bits per heavy atom. The predicted molar refractivity (Wildman–Crippen MR) is 72.7 cm³/mol. The summed E-state index contributed by atoms with van der Waals surface area (Å²) in [6.45, 7) is 0.364. The van der Waals surface area contributed by atoms with E-state index >= 15 is 0 Å². The minimum absolute atomic E-state index is 0.0886. The predicted octanol–water partition coefficient (Wildman–Crippen LogP) is -0.111. The lowest BCUT2D eigenvalue weighted by atomic mass is 10.1. The first kappa shape index (κ1) is 15.1. The molecule has 0 heterocycles. The zero-order valence-corrected chi connectivity index (χ0v) is 10.9. The number of hydrogen-bond donors (Lipinski definition) is 3. The van der Waals surface area contributed by atoms with Crippen LogP contribution in [0.4, 0.5) is 5.69 Å². The van der Waals surface area contributed by atoms with E-state index in [0.717, 1.165) is 11.3 Å². The molecule has 0 radical (unpaired) electrons. The van der Waals surface area contributed by atoms with Gasteiger partial charge in [-0.3, -0.25) is 9.59 Å². The molecule has 0 saturated carbocycles. The van der Waals surface area contributed by atoms with E-state index in [1.165, 1.54) is 0 Å². The summed E-state index contributed by atoms with van der Waals surface area (Å²) in [7, 11) is 1.63. The monoisotopic (exact) mass is 265 g/mol. The van der Waals surface area contributed by atoms with E-state index in [9.17, 15) is 9.59 Å². The normalized spacial score (nSPS) is 10.0. The Labute approximate surface area is 112 Å². The van der Waals surface area contributed by atoms with E-state index in [-0.39, 0.29) is 24.9 Å². The minimum Gasteiger partial charge on any atom is -0.384 e. The highest BCUT2D eigenvalue weighted by Crippen LogP contribution is 2.15. The summed E-state index contributed by atoms with van der Waals surface area (Å²) in [6.07, 6.45) is 0.710. The average Bonchev–Trinajstić information content (AvgIpc) is 2.43. The van der Waals surface area contributed by atoms with E-state index < -0.39 is 0 Å². The Kier molecular flexibility index (Phi) is 6.56. The van der Waals surface area contributed by atoms with Crippen molar-refractivity contribution in [3.63, 3.8) is 0 Å². The maximum atomic E-state index is 11.7. The number of carbonyl (C=O) groups excluding carboxylic acids is 2. The Hall–Kier alpha value is -1.92. The first-order chi connectivity index (χ1) is 9.17. The van der Waals surface area contributed by atoms with Gasteiger partial charge in [0.2, 0.25) is 11.8 Å². The molecular formula is C13H19N3O3. The van der Waals surface area contributed by atoms with Crippen LogP contribution in [0.15, 0.2) is 24.3 Å². The van der Waals surface area contributed by atoms with Crippen LogP contribution in [0.1, 0.15) is 5.56 Å². The van der Waals surface area contributed by atoms with Gasteiger partial charge in [0, 0.05) is 12.8 Å². The molecule has 6 heteroatoms. The molecule has 0 aromatic heterocycles. The second kappa shape index (κ2) is 8.23. The quantitative estimate of drug-likeness (QED) is 0.641. The Balaban J connectivity index is 2.55. The fraction of sp³-hybridized carbons (Fsp3) is 0.385. The molecule has 0 atom stereocenters. The molecule has 0 unspecified atom stereocenters. The maximum Gasteiger partial charge on any atom is 0.243 e. The van der Waals surface area contributed by atoms with Crippen molar-refractivity contribution in [2.45, 2.75) is 6.42 Å². The van der Waals surface area contributed by atoms with Gasteiger partial charge in [-0.25, -0.2) is 0 Å². The van der Waals surface area contributed by atoms with Crippen LogP contribution >= 0.6 is 0 Å². The lowest BCUT2D eigenvalue weighted by molar-refractivity contribution is -0.123. The number of nitrogens with one attached hydrogen (secondary N) is 2. The van der Waals surface area contributed by atoms with E-state index in [1.54, 1.807) is 7.11 Å². The molecular weight excluding hydrogens is 246 g/mol. The average molecular weight is 265 g/mol. The van der Waals surface area contributed by atoms with Gasteiger partial charge >= 0.3 is 0 Å². The van der Waals surface area contributed by atoms with E-state index in [2.05, 4.69) is 10.6 Å². The fourth-order valence-corrected chi connectivity index (χ4v) is 1.52. The van der Waals surface area contributed by atoms with E-state index in [1.807, 2.05) is 24.3 Å². The number of hydrogen-bond acceptors (Lipinski definition) is 4. The third kappa shape index (κ3) is 5.50. The van der Waals surface area contributed by atoms with Crippen LogP contribution in [0.25, 0.3) is 0 Å². The number of methoxy groups -OCH3 is 1. The molecule has 0 aliphatic carbocycles. The number of anilines is 1. The van der Waals surface area contributed by atoms with Crippen molar-refractivity contribution in [3.8, 4) is 0 Å². The molecule has 104 valence electrons. The molecule has 0 bridgehead atoms. The number of benzene rings is 1. The van der Waals surface area contributed by atoms with Crippen molar-refractivity contribution in [2.75, 3.05) is 32.1 Å². The van der Waals surface area contributed by atoms with Crippen LogP contribution in [-0.4, -0.2) is 38.6 Å². The summed E-state index contributed by atoms with van der Waals surface area (Å²) in [5.41, 5.74) is 6.85. The lowest BCUT2D eigenvalue weighted by Crippen LogP contribution is -2.36. The van der Waals surface area contributed by atoms with Crippen molar-refractivity contribution in [1.29, 1.82) is 0 Å². The van der Waals surface area contributed by atoms with Gasteiger partial charge in [-0.2, -0.15) is 0 Å². The fourth-order valence-electron chi connectivity index (χ4n) is 1.52. The highest BCUT2D eigenvalue weighted by molar-refractivity contribution is 5.95. The van der Waals surface area contributed by atoms with Crippen molar-refractivity contribution in [3.05, 3.63) is 29.8 Å². The second-order valence-electron chi connectivity index (χ2n) is 3.93. The zero-order chi connectivity index (χ0) is 14.1. The third-order valence-corrected chi connectivity index (χ3v) is 2.50. The van der Waals surface area contributed by atoms with Gasteiger partial charge in [0.15, 0.2) is 0 Å². The SMILES string of the molecule is COCCc1ccccc1NC(=O)CNC(=O)CN. The number of rotatable bonds is 7. The van der Waals surface area contributed by atoms with Gasteiger partial charge < -0.3 is 21.1 Å². The van der Waals surface area contributed by atoms with Crippen molar-refractivity contribution < 1.29 is 14.3 Å². The summed E-state index contributed by atoms with van der Waals surface area (Å²) in [5.74, 6) is -0.644. The molecule has 4 N–H and O–H groups in total. The molecule has 0 spiro atoms. The summed E-state index contributed by atoms with van der Waals surface area (Å²) < 4.78 is 5.02. The Bertz CT molecular complexity index is 435. The van der Waals surface area contributed by atoms with Gasteiger partial charge in [-0.05, 0) is 18.1 Å². The van der Waals surface area contributed by atoms with Crippen molar-refractivity contribution >= 4 is 17.5 Å². The number of para-hydroxylation sites is 1. The highest BCUT2D eigenvalue weighted by Gasteiger charge is 2.07. The van der Waals surface area contributed by atoms with Crippen LogP contribution < -0.4 is 16.4 Å². The number of nitrogens with two attached hydrogens (primary N) is 1. The van der Waals surface area contributed by atoms with Crippen LogP contribution in [0, 0.1) is 0 Å². The summed E-state index contributed by atoms with van der Waals surface area (Å²) in [6, 6.07) is 7.47. The van der Waals surface area contributed by atoms with Gasteiger partial charge in [0.25, 0.3) is 0 Å². The van der Waals surface area contributed by atoms with Gasteiger partial charge in [0.05, 0.1) is 19.7 Å². The number of amides is 2. The largest absolute Gasteiger partial charge is 0.384 e. The molecule has 2 amide bonds. The third-order valence-electron chi connectivity index (χ3n) is 2.50. The molecule has 0 saturated heterocycles. The number of carbonyl (C=O) groups is 2. The molecule has 1 aromatic carbocycles. The van der Waals surface area contributed by atoms with Crippen molar-refractivity contribution in [2.24, 2.45) is 5.73 Å². The highest BCUT2D eigenvalue weighted by atomic mass is 16.5. The Morgan fingerprint density at radius 3 is 2.68 bits per heavy atom. The molecule has 19 heavy (non-hydrogen) atoms. The van der Waals surface area contributed by atoms with Crippen LogP contribution in [0.5, 0.6) is 0 Å². The van der Waals surface area contributed by atoms with Gasteiger partial charge in [0.1, 0.15) is 0 Å². The number of ether oxygens (including phenoxy) is 1. The van der Waals surface area contributed by atoms with E-state index in [4.69, 9.17) is 10.5 Å². The lowest BCUT2D eigenvalue weighted by Gasteiger charge is -2.11. The molecule has 6 nitrogen and oxygen atoms in total. The van der Waals surface area contributed by atoms with Crippen LogP contribution in [0.3, 0.4) is 0 Å². The minimum atomic E-state index is -0.359. The molecule has 1 aromatic rings. The Morgan fingerprint density at radius 2 is 2.00 bits per heavy atom. The summed E-state index contributed by atoms with van der Waals surface area (Å²) in [4.78, 5) is 22.6. The summed E-state index contributed by atoms with van der Waals surface area (Å²) >= 11 is 0. The van der Waals surface area contributed by atoms with Crippen LogP contribution in [-0.2, 0) is 20.7 Å². The molecule has 0 aliphatic rings. The van der Waals surface area contributed by atoms with Gasteiger partial charge in [-0.1, -0.05) is 18.2 Å². The summed E-state index contributed by atoms with van der Waals surface area (Å²) in [5, 5.41) is 5.16. The first-order valence-corrected chi connectivity index (χ1v) is 6.00. The second-order valence-corrected chi connectivity index (χ2v) is 3.93. The molecule has 0 aliphatic heterocycles. The van der Waals surface area contributed by atoms with Crippen LogP contribution in [0.2, 0.25) is 0 Å². The topological polar surface area (TPSA) is 93.5 Å². The van der Waals surface area contributed by atoms with E-state index in [0.29, 0.717) is 13.0 Å². The smallest absolute Gasteiger partial charge is 0.243 e. The maximum absolute atomic E-state index is 11.7. The van der Waals surface area contributed by atoms with Crippen molar-refractivity contribution in [1.82, 2.24) is 5.32 Å².